The number of anilines is 1. The van der Waals surface area contributed by atoms with E-state index >= 15 is 0 Å². The Morgan fingerprint density at radius 1 is 1.27 bits per heavy atom. The molecule has 174 valence electrons. The second-order valence-corrected chi connectivity index (χ2v) is 9.98. The maximum absolute atomic E-state index is 13.4. The van der Waals surface area contributed by atoms with Gasteiger partial charge in [-0.2, -0.15) is 0 Å². The molecule has 3 aromatic rings. The van der Waals surface area contributed by atoms with Crippen LogP contribution in [0.3, 0.4) is 0 Å². The Morgan fingerprint density at radius 2 is 2.09 bits per heavy atom. The van der Waals surface area contributed by atoms with Gasteiger partial charge in [0.2, 0.25) is 5.95 Å². The van der Waals surface area contributed by atoms with Gasteiger partial charge in [-0.15, -0.1) is 11.3 Å². The van der Waals surface area contributed by atoms with Crippen LogP contribution >= 0.6 is 11.3 Å². The summed E-state index contributed by atoms with van der Waals surface area (Å²) in [5.41, 5.74) is 1.52. The lowest BCUT2D eigenvalue weighted by Gasteiger charge is -2.22. The minimum absolute atomic E-state index is 0.0769. The van der Waals surface area contributed by atoms with Crippen molar-refractivity contribution in [3.63, 3.8) is 0 Å². The van der Waals surface area contributed by atoms with E-state index in [9.17, 15) is 9.59 Å². The first-order chi connectivity index (χ1) is 15.7. The van der Waals surface area contributed by atoms with Crippen molar-refractivity contribution in [1.29, 1.82) is 0 Å². The highest BCUT2D eigenvalue weighted by Crippen LogP contribution is 2.27. The maximum Gasteiger partial charge on any atom is 0.407 e. The van der Waals surface area contributed by atoms with Crippen LogP contribution in [0.2, 0.25) is 0 Å². The summed E-state index contributed by atoms with van der Waals surface area (Å²) >= 11 is 1.44. The van der Waals surface area contributed by atoms with Gasteiger partial charge in [-0.05, 0) is 57.2 Å². The molecule has 0 unspecified atom stereocenters. The number of carbonyl (C=O) groups excluding carboxylic acids is 2. The number of pyridine rings is 1. The first-order valence-electron chi connectivity index (χ1n) is 10.9. The van der Waals surface area contributed by atoms with E-state index in [1.807, 2.05) is 51.3 Å². The number of rotatable bonds is 5. The Bertz CT molecular complexity index is 1140. The molecule has 0 saturated carbocycles. The first kappa shape index (κ1) is 22.9. The first-order valence-corrected chi connectivity index (χ1v) is 11.8. The Kier molecular flexibility index (Phi) is 6.46. The molecule has 1 saturated heterocycles. The van der Waals surface area contributed by atoms with E-state index in [4.69, 9.17) is 4.74 Å². The van der Waals surface area contributed by atoms with Crippen molar-refractivity contribution in [2.75, 3.05) is 18.4 Å². The molecule has 0 spiro atoms. The van der Waals surface area contributed by atoms with Crippen molar-refractivity contribution in [2.45, 2.75) is 51.8 Å². The van der Waals surface area contributed by atoms with Crippen LogP contribution < -0.4 is 10.6 Å². The summed E-state index contributed by atoms with van der Waals surface area (Å²) in [5.74, 6) is 0.221. The summed E-state index contributed by atoms with van der Waals surface area (Å²) in [6, 6.07) is 5.50. The third-order valence-corrected chi connectivity index (χ3v) is 6.14. The van der Waals surface area contributed by atoms with Gasteiger partial charge in [0.25, 0.3) is 5.91 Å². The maximum atomic E-state index is 13.4. The fourth-order valence-corrected chi connectivity index (χ4v) is 4.48. The molecule has 9 nitrogen and oxygen atoms in total. The molecule has 0 aromatic carbocycles. The lowest BCUT2D eigenvalue weighted by atomic mass is 10.1. The van der Waals surface area contributed by atoms with Crippen molar-refractivity contribution in [3.8, 4) is 0 Å². The second-order valence-electron chi connectivity index (χ2n) is 9.07. The number of hydrogen-bond donors (Lipinski definition) is 2. The molecule has 10 heteroatoms. The van der Waals surface area contributed by atoms with E-state index in [-0.39, 0.29) is 18.0 Å². The smallest absolute Gasteiger partial charge is 0.407 e. The Balaban J connectivity index is 1.49. The van der Waals surface area contributed by atoms with Gasteiger partial charge in [-0.1, -0.05) is 6.07 Å². The van der Waals surface area contributed by atoms with E-state index < -0.39 is 11.7 Å². The van der Waals surface area contributed by atoms with E-state index in [1.165, 1.54) is 11.3 Å². The van der Waals surface area contributed by atoms with Crippen LogP contribution in [0.15, 0.2) is 36.0 Å². The number of alkyl carbamates (subject to hydrolysis) is 1. The molecule has 4 heterocycles. The zero-order valence-electron chi connectivity index (χ0n) is 19.2. The monoisotopic (exact) mass is 468 g/mol. The molecule has 33 heavy (non-hydrogen) atoms. The number of fused-ring (bicyclic) bond motifs is 1. The predicted octanol–water partition coefficient (Wildman–Crippen LogP) is 4.00. The quantitative estimate of drug-likeness (QED) is 0.582. The summed E-state index contributed by atoms with van der Waals surface area (Å²) < 4.78 is 6.08. The van der Waals surface area contributed by atoms with Crippen LogP contribution in [-0.2, 0) is 4.74 Å². The van der Waals surface area contributed by atoms with Gasteiger partial charge < -0.3 is 20.3 Å². The molecule has 0 bridgehead atoms. The Hall–Kier alpha value is -3.27. The number of carbonyl (C=O) groups is 2. The van der Waals surface area contributed by atoms with Crippen LogP contribution in [0.5, 0.6) is 0 Å². The molecule has 0 aliphatic carbocycles. The zero-order chi connectivity index (χ0) is 23.6. The van der Waals surface area contributed by atoms with Gasteiger partial charge in [-0.25, -0.2) is 14.8 Å². The highest BCUT2D eigenvalue weighted by atomic mass is 32.1. The number of likely N-dealkylation sites (tertiary alicyclic amines) is 1. The van der Waals surface area contributed by atoms with Gasteiger partial charge in [0.15, 0.2) is 5.69 Å². The minimum atomic E-state index is -0.569. The largest absolute Gasteiger partial charge is 0.444 e. The Morgan fingerprint density at radius 3 is 2.82 bits per heavy atom. The Labute approximate surface area is 196 Å². The summed E-state index contributed by atoms with van der Waals surface area (Å²) in [7, 11) is 0. The average Bonchev–Trinajstić information content (AvgIpc) is 3.41. The number of nitrogens with zero attached hydrogens (tertiary/aromatic N) is 4. The summed E-state index contributed by atoms with van der Waals surface area (Å²) in [5, 5.41) is 8.04. The fraction of sp³-hybridized carbons (Fsp3) is 0.435. The van der Waals surface area contributed by atoms with Gasteiger partial charge in [0, 0.05) is 25.5 Å². The second kappa shape index (κ2) is 9.30. The summed E-state index contributed by atoms with van der Waals surface area (Å²) in [4.78, 5) is 40.5. The molecular formula is C23H28N6O3S. The van der Waals surface area contributed by atoms with Crippen LogP contribution in [0.25, 0.3) is 10.2 Å². The summed E-state index contributed by atoms with van der Waals surface area (Å²) in [6.07, 6.45) is 3.70. The summed E-state index contributed by atoms with van der Waals surface area (Å²) in [6.45, 7) is 8.39. The third-order valence-electron chi connectivity index (χ3n) is 5.23. The van der Waals surface area contributed by atoms with Crippen molar-refractivity contribution in [1.82, 2.24) is 25.2 Å². The molecule has 0 radical (unpaired) electrons. The van der Waals surface area contributed by atoms with E-state index in [2.05, 4.69) is 25.6 Å². The molecule has 1 fully saturated rings. The van der Waals surface area contributed by atoms with Gasteiger partial charge in [0.1, 0.15) is 5.60 Å². The molecule has 1 aliphatic heterocycles. The van der Waals surface area contributed by atoms with Crippen LogP contribution in [0.1, 0.15) is 56.2 Å². The van der Waals surface area contributed by atoms with E-state index in [1.54, 1.807) is 17.3 Å². The number of thiophene rings is 1. The molecule has 2 amide bonds. The molecule has 1 aliphatic rings. The van der Waals surface area contributed by atoms with Crippen LogP contribution in [0.4, 0.5) is 10.7 Å². The molecular weight excluding hydrogens is 440 g/mol. The predicted molar refractivity (Wildman–Crippen MR) is 127 cm³/mol. The van der Waals surface area contributed by atoms with E-state index in [0.29, 0.717) is 31.2 Å². The topological polar surface area (TPSA) is 109 Å². The van der Waals surface area contributed by atoms with Gasteiger partial charge in [-0.3, -0.25) is 9.78 Å². The molecule has 4 rings (SSSR count). The standard InChI is InChI=1S/C23H28N6O3S/c1-14(15-6-5-9-24-12-15)25-21-27-17-8-11-33-19(17)18(28-21)20(30)29-10-7-16(13-29)26-22(31)32-23(2,3)4/h5-6,8-9,11-12,14,16H,7,10,13H2,1-4H3,(H,26,31)(H,25,27,28)/t14-,16-/m0/s1. The van der Waals surface area contributed by atoms with E-state index in [0.717, 1.165) is 15.8 Å². The van der Waals surface area contributed by atoms with Crippen molar-refractivity contribution in [3.05, 3.63) is 47.2 Å². The number of amides is 2. The molecule has 2 atom stereocenters. The van der Waals surface area contributed by atoms with Crippen LogP contribution in [0, 0.1) is 0 Å². The molecule has 2 N–H and O–H groups in total. The lowest BCUT2D eigenvalue weighted by molar-refractivity contribution is 0.0502. The minimum Gasteiger partial charge on any atom is -0.444 e. The van der Waals surface area contributed by atoms with Crippen molar-refractivity contribution in [2.24, 2.45) is 0 Å². The number of ether oxygens (including phenoxy) is 1. The van der Waals surface area contributed by atoms with Gasteiger partial charge >= 0.3 is 6.09 Å². The SMILES string of the molecule is C[C@H](Nc1nc(C(=O)N2CC[C@H](NC(=O)OC(C)(C)C)C2)c2sccc2n1)c1cccnc1. The van der Waals surface area contributed by atoms with Gasteiger partial charge in [0.05, 0.1) is 22.3 Å². The highest BCUT2D eigenvalue weighted by Gasteiger charge is 2.31. The third kappa shape index (κ3) is 5.57. The number of nitrogens with one attached hydrogen (secondary N) is 2. The zero-order valence-corrected chi connectivity index (χ0v) is 20.0. The van der Waals surface area contributed by atoms with Crippen LogP contribution in [-0.4, -0.2) is 56.6 Å². The lowest BCUT2D eigenvalue weighted by Crippen LogP contribution is -2.41. The average molecular weight is 469 g/mol. The highest BCUT2D eigenvalue weighted by molar-refractivity contribution is 7.17. The fourth-order valence-electron chi connectivity index (χ4n) is 3.67. The molecule has 3 aromatic heterocycles. The normalized spacial score (nSPS) is 17.1. The number of hydrogen-bond acceptors (Lipinski definition) is 8. The van der Waals surface area contributed by atoms with Crippen molar-refractivity contribution < 1.29 is 14.3 Å². The van der Waals surface area contributed by atoms with Crippen molar-refractivity contribution >= 4 is 39.5 Å². The number of aromatic nitrogens is 3.